The molecule has 3 heteroatoms. The molecule has 0 aliphatic heterocycles. The van der Waals surface area contributed by atoms with E-state index in [1.807, 2.05) is 6.92 Å². The first kappa shape index (κ1) is 12.2. The van der Waals surface area contributed by atoms with Gasteiger partial charge in [0.1, 0.15) is 0 Å². The predicted octanol–water partition coefficient (Wildman–Crippen LogP) is 1.51. The molecule has 0 heterocycles. The minimum absolute atomic E-state index is 0.345. The highest BCUT2D eigenvalue weighted by atomic mass is 16.5. The molecular weight excluding hydrogens is 168 g/mol. The topological polar surface area (TPSA) is 46.5 Å². The predicted molar refractivity (Wildman–Crippen MR) is 51.2 cm³/mol. The van der Waals surface area contributed by atoms with Crippen molar-refractivity contribution in [3.05, 3.63) is 12.2 Å². The van der Waals surface area contributed by atoms with Crippen LogP contribution in [0.15, 0.2) is 12.2 Å². The van der Waals surface area contributed by atoms with Crippen molar-refractivity contribution in [2.24, 2.45) is 5.92 Å². The van der Waals surface area contributed by atoms with Gasteiger partial charge in [0.15, 0.2) is 0 Å². The summed E-state index contributed by atoms with van der Waals surface area (Å²) in [6, 6.07) is 0. The lowest BCUT2D eigenvalue weighted by molar-refractivity contribution is -0.151. The van der Waals surface area contributed by atoms with Gasteiger partial charge in [-0.05, 0) is 27.2 Å². The summed E-state index contributed by atoms with van der Waals surface area (Å²) < 4.78 is 4.83. The van der Waals surface area contributed by atoms with E-state index in [1.54, 1.807) is 13.8 Å². The Bertz CT molecular complexity index is 185. The fourth-order valence-electron chi connectivity index (χ4n) is 1.08. The molecule has 0 bridgehead atoms. The normalized spacial score (nSPS) is 14.8. The first-order valence-electron chi connectivity index (χ1n) is 4.48. The number of carbonyl (C=O) groups is 1. The lowest BCUT2D eigenvalue weighted by atomic mass is 9.96. The highest BCUT2D eigenvalue weighted by Gasteiger charge is 2.24. The Morgan fingerprint density at radius 2 is 2.15 bits per heavy atom. The quantitative estimate of drug-likeness (QED) is 0.523. The standard InChI is InChI=1S/C10H18O3/c1-5-13-10(12)9(8(4)11)6-7(2)3/h8-9,11H,2,5-6H2,1,3-4H3/t8-,9+/m1/s1. The first-order valence-corrected chi connectivity index (χ1v) is 4.48. The monoisotopic (exact) mass is 186 g/mol. The van der Waals surface area contributed by atoms with E-state index in [9.17, 15) is 9.90 Å². The van der Waals surface area contributed by atoms with Gasteiger partial charge in [-0.3, -0.25) is 4.79 Å². The minimum atomic E-state index is -0.684. The van der Waals surface area contributed by atoms with Crippen LogP contribution in [0.2, 0.25) is 0 Å². The summed E-state index contributed by atoms with van der Waals surface area (Å²) in [4.78, 5) is 11.3. The number of allylic oxidation sites excluding steroid dienone is 1. The van der Waals surface area contributed by atoms with E-state index in [-0.39, 0.29) is 5.97 Å². The zero-order valence-corrected chi connectivity index (χ0v) is 8.54. The number of aliphatic hydroxyl groups is 1. The van der Waals surface area contributed by atoms with Crippen molar-refractivity contribution in [3.63, 3.8) is 0 Å². The molecule has 0 aliphatic carbocycles. The van der Waals surface area contributed by atoms with Gasteiger partial charge in [-0.25, -0.2) is 0 Å². The minimum Gasteiger partial charge on any atom is -0.466 e. The SMILES string of the molecule is C=C(C)C[C@H](C(=O)OCC)[C@@H](C)O. The van der Waals surface area contributed by atoms with Gasteiger partial charge in [0.05, 0.1) is 18.6 Å². The third-order valence-electron chi connectivity index (χ3n) is 1.74. The maximum Gasteiger partial charge on any atom is 0.311 e. The summed E-state index contributed by atoms with van der Waals surface area (Å²) in [5.41, 5.74) is 0.874. The molecule has 0 spiro atoms. The molecule has 2 atom stereocenters. The van der Waals surface area contributed by atoms with Gasteiger partial charge in [-0.1, -0.05) is 5.57 Å². The number of hydrogen-bond acceptors (Lipinski definition) is 3. The van der Waals surface area contributed by atoms with E-state index in [4.69, 9.17) is 4.74 Å². The Morgan fingerprint density at radius 1 is 1.62 bits per heavy atom. The van der Waals surface area contributed by atoms with Gasteiger partial charge >= 0.3 is 5.97 Å². The van der Waals surface area contributed by atoms with Crippen LogP contribution in [-0.4, -0.2) is 23.8 Å². The summed E-state index contributed by atoms with van der Waals surface area (Å²) in [6.45, 7) is 9.21. The lowest BCUT2D eigenvalue weighted by Crippen LogP contribution is -2.28. The molecule has 0 rings (SSSR count). The van der Waals surface area contributed by atoms with E-state index in [2.05, 4.69) is 6.58 Å². The van der Waals surface area contributed by atoms with E-state index in [1.165, 1.54) is 0 Å². The van der Waals surface area contributed by atoms with Crippen molar-refractivity contribution in [1.29, 1.82) is 0 Å². The second kappa shape index (κ2) is 5.75. The number of ether oxygens (including phenoxy) is 1. The van der Waals surface area contributed by atoms with Crippen molar-refractivity contribution in [3.8, 4) is 0 Å². The van der Waals surface area contributed by atoms with Crippen molar-refractivity contribution in [2.45, 2.75) is 33.3 Å². The average molecular weight is 186 g/mol. The fourth-order valence-corrected chi connectivity index (χ4v) is 1.08. The fraction of sp³-hybridized carbons (Fsp3) is 0.700. The molecule has 13 heavy (non-hydrogen) atoms. The molecule has 0 aromatic rings. The van der Waals surface area contributed by atoms with Crippen LogP contribution < -0.4 is 0 Å². The van der Waals surface area contributed by atoms with Crippen molar-refractivity contribution in [1.82, 2.24) is 0 Å². The van der Waals surface area contributed by atoms with Crippen molar-refractivity contribution in [2.75, 3.05) is 6.61 Å². The lowest BCUT2D eigenvalue weighted by Gasteiger charge is -2.17. The molecule has 0 radical (unpaired) electrons. The molecule has 0 saturated carbocycles. The average Bonchev–Trinajstić information content (AvgIpc) is 1.99. The zero-order valence-electron chi connectivity index (χ0n) is 8.54. The highest BCUT2D eigenvalue weighted by molar-refractivity contribution is 5.73. The van der Waals surface area contributed by atoms with Crippen molar-refractivity contribution >= 4 is 5.97 Å². The summed E-state index contributed by atoms with van der Waals surface area (Å²) >= 11 is 0. The second-order valence-electron chi connectivity index (χ2n) is 3.26. The molecule has 0 amide bonds. The number of carbonyl (C=O) groups excluding carboxylic acids is 1. The second-order valence-corrected chi connectivity index (χ2v) is 3.26. The summed E-state index contributed by atoms with van der Waals surface area (Å²) in [5, 5.41) is 9.32. The van der Waals surface area contributed by atoms with Crippen LogP contribution in [0.3, 0.4) is 0 Å². The molecule has 76 valence electrons. The van der Waals surface area contributed by atoms with Gasteiger partial charge in [-0.15, -0.1) is 6.58 Å². The number of rotatable bonds is 5. The summed E-state index contributed by atoms with van der Waals surface area (Å²) in [7, 11) is 0. The molecule has 0 saturated heterocycles. The molecule has 3 nitrogen and oxygen atoms in total. The molecule has 0 aromatic carbocycles. The molecule has 0 unspecified atom stereocenters. The Hall–Kier alpha value is -0.830. The van der Waals surface area contributed by atoms with Gasteiger partial charge in [0.25, 0.3) is 0 Å². The maximum absolute atomic E-state index is 11.3. The Morgan fingerprint density at radius 3 is 2.46 bits per heavy atom. The van der Waals surface area contributed by atoms with Gasteiger partial charge in [0.2, 0.25) is 0 Å². The molecule has 0 aromatic heterocycles. The van der Waals surface area contributed by atoms with Crippen LogP contribution in [0.1, 0.15) is 27.2 Å². The number of esters is 1. The number of hydrogen-bond donors (Lipinski definition) is 1. The van der Waals surface area contributed by atoms with Crippen LogP contribution in [0, 0.1) is 5.92 Å². The van der Waals surface area contributed by atoms with Crippen LogP contribution in [0.4, 0.5) is 0 Å². The third-order valence-corrected chi connectivity index (χ3v) is 1.74. The van der Waals surface area contributed by atoms with Crippen LogP contribution in [0.25, 0.3) is 0 Å². The van der Waals surface area contributed by atoms with Crippen LogP contribution in [0.5, 0.6) is 0 Å². The van der Waals surface area contributed by atoms with Crippen molar-refractivity contribution < 1.29 is 14.6 Å². The van der Waals surface area contributed by atoms with Gasteiger partial charge in [0, 0.05) is 0 Å². The molecule has 1 N–H and O–H groups in total. The maximum atomic E-state index is 11.3. The smallest absolute Gasteiger partial charge is 0.311 e. The molecule has 0 fully saturated rings. The Kier molecular flexibility index (Phi) is 5.39. The van der Waals surface area contributed by atoms with E-state index in [0.717, 1.165) is 5.57 Å². The van der Waals surface area contributed by atoms with Crippen LogP contribution >= 0.6 is 0 Å². The summed E-state index contributed by atoms with van der Waals surface area (Å²) in [6.07, 6.45) is -0.202. The largest absolute Gasteiger partial charge is 0.466 e. The van der Waals surface area contributed by atoms with E-state index >= 15 is 0 Å². The Labute approximate surface area is 79.4 Å². The third kappa shape index (κ3) is 4.68. The van der Waals surface area contributed by atoms with Gasteiger partial charge in [-0.2, -0.15) is 0 Å². The molecule has 0 aliphatic rings. The Balaban J connectivity index is 4.24. The van der Waals surface area contributed by atoms with E-state index < -0.39 is 12.0 Å². The first-order chi connectivity index (χ1) is 5.99. The number of aliphatic hydroxyl groups excluding tert-OH is 1. The molecular formula is C10H18O3. The zero-order chi connectivity index (χ0) is 10.4. The van der Waals surface area contributed by atoms with Crippen LogP contribution in [-0.2, 0) is 9.53 Å². The highest BCUT2D eigenvalue weighted by Crippen LogP contribution is 2.15. The van der Waals surface area contributed by atoms with Gasteiger partial charge < -0.3 is 9.84 Å². The summed E-state index contributed by atoms with van der Waals surface area (Å²) in [5.74, 6) is -0.821. The van der Waals surface area contributed by atoms with E-state index in [0.29, 0.717) is 13.0 Å².